The van der Waals surface area contributed by atoms with Gasteiger partial charge in [-0.1, -0.05) is 67.1 Å². The smallest absolute Gasteiger partial charge is 0.238 e. The van der Waals surface area contributed by atoms with Crippen LogP contribution in [0, 0.1) is 47.3 Å². The molecule has 2 aromatic carbocycles. The van der Waals surface area contributed by atoms with E-state index in [9.17, 15) is 19.2 Å². The number of carbonyl (C=O) groups is 4. The molecule has 0 aromatic heterocycles. The van der Waals surface area contributed by atoms with Crippen LogP contribution in [-0.4, -0.2) is 23.6 Å². The summed E-state index contributed by atoms with van der Waals surface area (Å²) in [4.78, 5) is 57.3. The van der Waals surface area contributed by atoms with Gasteiger partial charge in [0.05, 0.1) is 35.0 Å². The van der Waals surface area contributed by atoms with Crippen LogP contribution in [0.15, 0.2) is 84.5 Å². The van der Waals surface area contributed by atoms with Gasteiger partial charge in [0, 0.05) is 5.92 Å². The fourth-order valence-electron chi connectivity index (χ4n) is 7.47. The minimum atomic E-state index is -0.523. The summed E-state index contributed by atoms with van der Waals surface area (Å²) in [5.41, 5.74) is 2.23. The summed E-state index contributed by atoms with van der Waals surface area (Å²) in [6, 6.07) is 18.1. The number of anilines is 2. The molecule has 2 bridgehead atoms. The minimum absolute atomic E-state index is 0.125. The molecule has 2 heterocycles. The van der Waals surface area contributed by atoms with E-state index >= 15 is 0 Å². The molecule has 4 aliphatic carbocycles. The molecule has 0 spiro atoms. The highest BCUT2D eigenvalue weighted by Gasteiger charge is 2.66. The van der Waals surface area contributed by atoms with Crippen LogP contribution >= 0.6 is 0 Å². The zero-order valence-corrected chi connectivity index (χ0v) is 19.2. The van der Waals surface area contributed by atoms with Crippen molar-refractivity contribution in [3.05, 3.63) is 84.5 Å². The van der Waals surface area contributed by atoms with Gasteiger partial charge in [-0.2, -0.15) is 0 Å². The molecule has 3 fully saturated rings. The summed E-state index contributed by atoms with van der Waals surface area (Å²) in [5.74, 6) is -3.56. The number of carbonyl (C=O) groups excluding carboxylic acids is 4. The molecule has 0 N–H and O–H groups in total. The summed E-state index contributed by atoms with van der Waals surface area (Å²) in [6.07, 6.45) is 6.20. The van der Waals surface area contributed by atoms with E-state index < -0.39 is 23.7 Å². The molecule has 2 aromatic rings. The number of hydrogen-bond donors (Lipinski definition) is 0. The molecule has 8 rings (SSSR count). The molecule has 2 aliphatic heterocycles. The number of fused-ring (bicyclic) bond motifs is 1. The second-order valence-corrected chi connectivity index (χ2v) is 10.3. The Kier molecular flexibility index (Phi) is 4.17. The zero-order valence-electron chi connectivity index (χ0n) is 19.2. The maximum atomic E-state index is 13.8. The van der Waals surface area contributed by atoms with E-state index in [-0.39, 0.29) is 47.3 Å². The van der Waals surface area contributed by atoms with Gasteiger partial charge < -0.3 is 0 Å². The van der Waals surface area contributed by atoms with E-state index in [0.29, 0.717) is 11.4 Å². The monoisotopic (exact) mass is 464 g/mol. The number of rotatable bonds is 2. The van der Waals surface area contributed by atoms with E-state index in [1.54, 1.807) is 24.3 Å². The largest absolute Gasteiger partial charge is 0.274 e. The van der Waals surface area contributed by atoms with Gasteiger partial charge in [0.1, 0.15) is 0 Å². The fraction of sp³-hybridized carbons (Fsp3) is 0.310. The first kappa shape index (κ1) is 20.6. The molecule has 4 amide bonds. The van der Waals surface area contributed by atoms with Crippen molar-refractivity contribution in [3.8, 4) is 0 Å². The van der Waals surface area contributed by atoms with Gasteiger partial charge in [-0.15, -0.1) is 0 Å². The molecule has 0 radical (unpaired) electrons. The Labute approximate surface area is 202 Å². The van der Waals surface area contributed by atoms with Gasteiger partial charge in [0.2, 0.25) is 23.6 Å². The number of hydrogen-bond acceptors (Lipinski definition) is 4. The summed E-state index contributed by atoms with van der Waals surface area (Å²) < 4.78 is 0. The average Bonchev–Trinajstić information content (AvgIpc) is 3.31. The van der Waals surface area contributed by atoms with Crippen molar-refractivity contribution in [1.29, 1.82) is 0 Å². The summed E-state index contributed by atoms with van der Waals surface area (Å²) in [5, 5.41) is 0. The van der Waals surface area contributed by atoms with Crippen molar-refractivity contribution in [2.75, 3.05) is 9.80 Å². The Hall–Kier alpha value is -3.80. The van der Waals surface area contributed by atoms with Gasteiger partial charge in [0.15, 0.2) is 0 Å². The SMILES string of the molecule is CC1C=C2C(C3C(=O)N(c4ccccc4)C(=O)C13)[C@@H]1C=C[C@H]2C2C(=O)N(c3ccccc3)C(=O)C21. The first-order chi connectivity index (χ1) is 17.0. The van der Waals surface area contributed by atoms with Gasteiger partial charge >= 0.3 is 0 Å². The Bertz CT molecular complexity index is 1350. The average molecular weight is 465 g/mol. The Morgan fingerprint density at radius 2 is 1.09 bits per heavy atom. The van der Waals surface area contributed by atoms with Crippen LogP contribution in [0.25, 0.3) is 0 Å². The lowest BCUT2D eigenvalue weighted by molar-refractivity contribution is -0.130. The topological polar surface area (TPSA) is 74.8 Å². The van der Waals surface area contributed by atoms with E-state index in [1.807, 2.05) is 49.4 Å². The molecule has 6 aliphatic rings. The zero-order chi connectivity index (χ0) is 24.0. The number of allylic oxidation sites excluding steroid dienone is 4. The van der Waals surface area contributed by atoms with Crippen molar-refractivity contribution < 1.29 is 19.2 Å². The summed E-state index contributed by atoms with van der Waals surface area (Å²) >= 11 is 0. The standard InChI is InChI=1S/C29H24N2O4/c1-15-14-20-18-12-13-19(24-23(18)27(33)31(28(24)34)17-10-6-3-7-11-17)22(20)25-21(15)26(32)30(29(25)35)16-8-4-2-5-9-16/h2-15,18-19,21-25H,1H3/t15?,18-,19+,21?,22?,23?,24?,25?/m1/s1. The molecule has 6 heteroatoms. The van der Waals surface area contributed by atoms with E-state index in [2.05, 4.69) is 12.2 Å². The Balaban J connectivity index is 1.32. The van der Waals surface area contributed by atoms with Crippen LogP contribution in [0.3, 0.4) is 0 Å². The lowest BCUT2D eigenvalue weighted by Crippen LogP contribution is -2.52. The van der Waals surface area contributed by atoms with Crippen LogP contribution in [0.1, 0.15) is 6.92 Å². The highest BCUT2D eigenvalue weighted by Crippen LogP contribution is 2.61. The summed E-state index contributed by atoms with van der Waals surface area (Å²) in [6.45, 7) is 1.99. The normalized spacial score (nSPS) is 36.9. The molecular formula is C29H24N2O4. The third-order valence-corrected chi connectivity index (χ3v) is 8.76. The number of para-hydroxylation sites is 2. The quantitative estimate of drug-likeness (QED) is 0.503. The predicted octanol–water partition coefficient (Wildman–Crippen LogP) is 3.61. The van der Waals surface area contributed by atoms with Crippen molar-refractivity contribution in [1.82, 2.24) is 0 Å². The van der Waals surface area contributed by atoms with Crippen LogP contribution in [0.5, 0.6) is 0 Å². The minimum Gasteiger partial charge on any atom is -0.274 e. The van der Waals surface area contributed by atoms with Gasteiger partial charge in [-0.05, 0) is 42.0 Å². The third kappa shape index (κ3) is 2.54. The lowest BCUT2D eigenvalue weighted by Gasteiger charge is -2.51. The molecule has 8 atom stereocenters. The second kappa shape index (κ2) is 7.11. The van der Waals surface area contributed by atoms with E-state index in [0.717, 1.165) is 5.57 Å². The van der Waals surface area contributed by atoms with Gasteiger partial charge in [-0.3, -0.25) is 29.0 Å². The molecule has 1 saturated carbocycles. The van der Waals surface area contributed by atoms with Crippen molar-refractivity contribution >= 4 is 35.0 Å². The first-order valence-electron chi connectivity index (χ1n) is 12.2. The molecule has 174 valence electrons. The maximum Gasteiger partial charge on any atom is 0.238 e. The third-order valence-electron chi connectivity index (χ3n) is 8.76. The van der Waals surface area contributed by atoms with Crippen LogP contribution in [-0.2, 0) is 19.2 Å². The van der Waals surface area contributed by atoms with Crippen LogP contribution in [0.4, 0.5) is 11.4 Å². The molecule has 35 heavy (non-hydrogen) atoms. The van der Waals surface area contributed by atoms with E-state index in [4.69, 9.17) is 0 Å². The second-order valence-electron chi connectivity index (χ2n) is 10.3. The maximum absolute atomic E-state index is 13.8. The molecule has 6 nitrogen and oxygen atoms in total. The number of nitrogens with zero attached hydrogens (tertiary/aromatic N) is 2. The van der Waals surface area contributed by atoms with Crippen molar-refractivity contribution in [3.63, 3.8) is 0 Å². The highest BCUT2D eigenvalue weighted by atomic mass is 16.2. The van der Waals surface area contributed by atoms with E-state index in [1.165, 1.54) is 9.80 Å². The fourth-order valence-corrected chi connectivity index (χ4v) is 7.47. The Morgan fingerprint density at radius 3 is 1.69 bits per heavy atom. The predicted molar refractivity (Wildman–Crippen MR) is 129 cm³/mol. The van der Waals surface area contributed by atoms with Gasteiger partial charge in [0.25, 0.3) is 0 Å². The molecule has 2 saturated heterocycles. The summed E-state index contributed by atoms with van der Waals surface area (Å²) in [7, 11) is 0. The molecular weight excluding hydrogens is 440 g/mol. The molecule has 6 unspecified atom stereocenters. The number of benzene rings is 2. The van der Waals surface area contributed by atoms with Crippen LogP contribution in [0.2, 0.25) is 0 Å². The van der Waals surface area contributed by atoms with Crippen LogP contribution < -0.4 is 9.80 Å². The number of imide groups is 2. The lowest BCUT2D eigenvalue weighted by atomic mass is 9.50. The number of amides is 4. The first-order valence-corrected chi connectivity index (χ1v) is 12.2. The van der Waals surface area contributed by atoms with Gasteiger partial charge in [-0.25, -0.2) is 0 Å². The van der Waals surface area contributed by atoms with Crippen molar-refractivity contribution in [2.24, 2.45) is 47.3 Å². The van der Waals surface area contributed by atoms with Crippen molar-refractivity contribution in [2.45, 2.75) is 6.92 Å². The highest BCUT2D eigenvalue weighted by molar-refractivity contribution is 6.24. The Morgan fingerprint density at radius 1 is 0.571 bits per heavy atom.